The first-order valence-corrected chi connectivity index (χ1v) is 10.1. The summed E-state index contributed by atoms with van der Waals surface area (Å²) in [6, 6.07) is 0.117. The molecule has 1 aliphatic rings. The number of aliphatic imine (C=N–C) groups is 1. The van der Waals surface area contributed by atoms with E-state index >= 15 is 0 Å². The van der Waals surface area contributed by atoms with Crippen molar-refractivity contribution >= 4 is 16.8 Å². The van der Waals surface area contributed by atoms with Crippen LogP contribution in [0.25, 0.3) is 0 Å². The highest BCUT2D eigenvalue weighted by Crippen LogP contribution is 2.30. The van der Waals surface area contributed by atoms with Gasteiger partial charge >= 0.3 is 6.18 Å². The van der Waals surface area contributed by atoms with Crippen LogP contribution < -0.4 is 10.6 Å². The Morgan fingerprint density at radius 2 is 2.19 bits per heavy atom. The van der Waals surface area contributed by atoms with Crippen molar-refractivity contribution in [3.63, 3.8) is 0 Å². The van der Waals surface area contributed by atoms with Gasteiger partial charge in [0.05, 0.1) is 0 Å². The fourth-order valence-electron chi connectivity index (χ4n) is 3.22. The van der Waals surface area contributed by atoms with E-state index in [2.05, 4.69) is 20.7 Å². The lowest BCUT2D eigenvalue weighted by atomic mass is 9.95. The highest BCUT2D eigenvalue weighted by Gasteiger charge is 2.36. The van der Waals surface area contributed by atoms with Crippen LogP contribution in [0.3, 0.4) is 0 Å². The minimum absolute atomic E-state index is 0.0284. The van der Waals surface area contributed by atoms with Gasteiger partial charge in [-0.3, -0.25) is 13.9 Å². The molecule has 1 aromatic heterocycles. The topological polar surface area (TPSA) is 71.3 Å². The van der Waals surface area contributed by atoms with Crippen molar-refractivity contribution in [2.45, 2.75) is 56.6 Å². The van der Waals surface area contributed by atoms with E-state index < -0.39 is 22.7 Å². The SMILES string of the molecule is CCS(=O)C1CCCC(NC(=NC)NCc2cn(C)nc2C(F)(F)F)C1. The second-order valence-electron chi connectivity index (χ2n) is 6.40. The van der Waals surface area contributed by atoms with Gasteiger partial charge in [0.1, 0.15) is 0 Å². The van der Waals surface area contributed by atoms with Crippen molar-refractivity contribution in [1.82, 2.24) is 20.4 Å². The Hall–Kier alpha value is -1.58. The zero-order chi connectivity index (χ0) is 19.3. The molecule has 0 spiro atoms. The second kappa shape index (κ2) is 8.88. The van der Waals surface area contributed by atoms with Crippen LogP contribution in [-0.2, 0) is 30.6 Å². The first-order valence-electron chi connectivity index (χ1n) is 8.68. The summed E-state index contributed by atoms with van der Waals surface area (Å²) < 4.78 is 52.2. The van der Waals surface area contributed by atoms with Crippen molar-refractivity contribution in [1.29, 1.82) is 0 Å². The number of hydrogen-bond acceptors (Lipinski definition) is 3. The van der Waals surface area contributed by atoms with E-state index in [0.717, 1.165) is 30.4 Å². The maximum atomic E-state index is 13.0. The zero-order valence-electron chi connectivity index (χ0n) is 15.3. The highest BCUT2D eigenvalue weighted by molar-refractivity contribution is 7.85. The summed E-state index contributed by atoms with van der Waals surface area (Å²) in [7, 11) is 2.21. The van der Waals surface area contributed by atoms with Crippen LogP contribution in [0, 0.1) is 0 Å². The molecule has 10 heteroatoms. The van der Waals surface area contributed by atoms with Crippen LogP contribution in [0.5, 0.6) is 0 Å². The average molecular weight is 393 g/mol. The molecule has 0 bridgehead atoms. The third-order valence-corrected chi connectivity index (χ3v) is 6.21. The standard InChI is InChI=1S/C16H26F3N5OS/c1-4-26(25)13-7-5-6-12(8-13)22-15(20-2)21-9-11-10-24(3)23-14(11)16(17,18)19/h10,12-13H,4-9H2,1-3H3,(H2,20,21,22). The molecule has 0 aliphatic heterocycles. The molecule has 0 radical (unpaired) electrons. The molecule has 1 fully saturated rings. The molecule has 1 aliphatic carbocycles. The van der Waals surface area contributed by atoms with Crippen molar-refractivity contribution in [2.75, 3.05) is 12.8 Å². The van der Waals surface area contributed by atoms with Crippen LogP contribution in [0.2, 0.25) is 0 Å². The first-order chi connectivity index (χ1) is 12.2. The number of aromatic nitrogens is 2. The van der Waals surface area contributed by atoms with E-state index in [1.54, 1.807) is 7.05 Å². The zero-order valence-corrected chi connectivity index (χ0v) is 16.1. The van der Waals surface area contributed by atoms with Gasteiger partial charge in [-0.2, -0.15) is 18.3 Å². The molecule has 1 aromatic rings. The van der Waals surface area contributed by atoms with Crippen LogP contribution in [0.15, 0.2) is 11.2 Å². The Morgan fingerprint density at radius 3 is 2.81 bits per heavy atom. The molecule has 0 amide bonds. The van der Waals surface area contributed by atoms with Gasteiger partial charge in [0.15, 0.2) is 11.7 Å². The van der Waals surface area contributed by atoms with Crippen LogP contribution in [0.4, 0.5) is 13.2 Å². The predicted octanol–water partition coefficient (Wildman–Crippen LogP) is 2.18. The molecule has 148 valence electrons. The average Bonchev–Trinajstić information content (AvgIpc) is 2.99. The van der Waals surface area contributed by atoms with Crippen LogP contribution in [0.1, 0.15) is 43.9 Å². The van der Waals surface area contributed by atoms with Gasteiger partial charge in [0.25, 0.3) is 0 Å². The van der Waals surface area contributed by atoms with Gasteiger partial charge in [0, 0.05) is 60.2 Å². The number of aryl methyl sites for hydroxylation is 1. The van der Waals surface area contributed by atoms with Gasteiger partial charge in [0.2, 0.25) is 0 Å². The number of hydrogen-bond donors (Lipinski definition) is 2. The molecule has 3 unspecified atom stereocenters. The monoisotopic (exact) mass is 393 g/mol. The largest absolute Gasteiger partial charge is 0.435 e. The maximum absolute atomic E-state index is 13.0. The molecule has 1 heterocycles. The molecule has 2 rings (SSSR count). The third kappa shape index (κ3) is 5.46. The van der Waals surface area contributed by atoms with E-state index in [4.69, 9.17) is 0 Å². The molecule has 3 atom stereocenters. The summed E-state index contributed by atoms with van der Waals surface area (Å²) in [6.07, 6.45) is 0.502. The smallest absolute Gasteiger partial charge is 0.354 e. The minimum Gasteiger partial charge on any atom is -0.354 e. The Bertz CT molecular complexity index is 659. The van der Waals surface area contributed by atoms with Gasteiger partial charge < -0.3 is 10.6 Å². The van der Waals surface area contributed by atoms with Crippen LogP contribution >= 0.6 is 0 Å². The molecule has 0 saturated heterocycles. The van der Waals surface area contributed by atoms with E-state index in [0.29, 0.717) is 11.7 Å². The summed E-state index contributed by atoms with van der Waals surface area (Å²) in [4.78, 5) is 4.10. The van der Waals surface area contributed by atoms with Gasteiger partial charge in [-0.15, -0.1) is 0 Å². The van der Waals surface area contributed by atoms with E-state index in [9.17, 15) is 17.4 Å². The van der Waals surface area contributed by atoms with Gasteiger partial charge in [-0.1, -0.05) is 13.3 Å². The minimum atomic E-state index is -4.49. The summed E-state index contributed by atoms with van der Waals surface area (Å²) >= 11 is 0. The number of alkyl halides is 3. The Balaban J connectivity index is 1.96. The molecular weight excluding hydrogens is 367 g/mol. The summed E-state index contributed by atoms with van der Waals surface area (Å²) in [5.41, 5.74) is -0.824. The lowest BCUT2D eigenvalue weighted by Crippen LogP contribution is -2.46. The van der Waals surface area contributed by atoms with E-state index in [-0.39, 0.29) is 23.4 Å². The third-order valence-electron chi connectivity index (χ3n) is 4.47. The fraction of sp³-hybridized carbons (Fsp3) is 0.750. The van der Waals surface area contributed by atoms with Crippen molar-refractivity contribution in [2.24, 2.45) is 12.0 Å². The van der Waals surface area contributed by atoms with Crippen molar-refractivity contribution < 1.29 is 17.4 Å². The van der Waals surface area contributed by atoms with E-state index in [1.807, 2.05) is 6.92 Å². The summed E-state index contributed by atoms with van der Waals surface area (Å²) in [6.45, 7) is 1.89. The first kappa shape index (κ1) is 20.7. The quantitative estimate of drug-likeness (QED) is 0.594. The Kier molecular flexibility index (Phi) is 7.08. The van der Waals surface area contributed by atoms with E-state index in [1.165, 1.54) is 13.2 Å². The Morgan fingerprint density at radius 1 is 1.46 bits per heavy atom. The number of halogens is 3. The molecular formula is C16H26F3N5OS. The van der Waals surface area contributed by atoms with Crippen molar-refractivity contribution in [3.05, 3.63) is 17.5 Å². The van der Waals surface area contributed by atoms with Crippen LogP contribution in [-0.4, -0.2) is 44.0 Å². The van der Waals surface area contributed by atoms with Gasteiger partial charge in [-0.05, 0) is 19.3 Å². The number of nitrogens with one attached hydrogen (secondary N) is 2. The summed E-state index contributed by atoms with van der Waals surface area (Å²) in [5, 5.41) is 9.84. The Labute approximate surface area is 154 Å². The second-order valence-corrected chi connectivity index (χ2v) is 8.40. The highest BCUT2D eigenvalue weighted by atomic mass is 32.2. The lowest BCUT2D eigenvalue weighted by Gasteiger charge is -2.30. The van der Waals surface area contributed by atoms with Crippen molar-refractivity contribution in [3.8, 4) is 0 Å². The predicted molar refractivity (Wildman–Crippen MR) is 96.3 cm³/mol. The molecule has 26 heavy (non-hydrogen) atoms. The number of nitrogens with zero attached hydrogens (tertiary/aromatic N) is 3. The maximum Gasteiger partial charge on any atom is 0.435 e. The molecule has 0 aromatic carbocycles. The fourth-order valence-corrected chi connectivity index (χ4v) is 4.57. The summed E-state index contributed by atoms with van der Waals surface area (Å²) in [5.74, 6) is 1.08. The normalized spacial score (nSPS) is 22.9. The molecule has 2 N–H and O–H groups in total. The lowest BCUT2D eigenvalue weighted by molar-refractivity contribution is -0.142. The number of rotatable bonds is 5. The molecule has 1 saturated carbocycles. The number of guanidine groups is 1. The van der Waals surface area contributed by atoms with Gasteiger partial charge in [-0.25, -0.2) is 0 Å². The molecule has 6 nitrogen and oxygen atoms in total.